The summed E-state index contributed by atoms with van der Waals surface area (Å²) in [6.07, 6.45) is 0.861. The van der Waals surface area contributed by atoms with Gasteiger partial charge in [0.2, 0.25) is 5.95 Å². The standard InChI is InChI=1S/C17H18BrN3O2S/c1-2-23-10-5-9-21-14-7-4-3-6-13(14)19-17(21)20-16(22)15-12(18)8-11-24-15/h3-4,6-8,11H,2,5,9-10H2,1H3,(H,19,20,22). The van der Waals surface area contributed by atoms with Gasteiger partial charge in [0.15, 0.2) is 0 Å². The van der Waals surface area contributed by atoms with Crippen molar-refractivity contribution in [3.63, 3.8) is 0 Å². The lowest BCUT2D eigenvalue weighted by molar-refractivity contribution is 0.102. The van der Waals surface area contributed by atoms with E-state index in [4.69, 9.17) is 4.74 Å². The van der Waals surface area contributed by atoms with Gasteiger partial charge in [-0.3, -0.25) is 10.1 Å². The van der Waals surface area contributed by atoms with Gasteiger partial charge in [0.25, 0.3) is 5.91 Å². The molecular formula is C17H18BrN3O2S. The summed E-state index contributed by atoms with van der Waals surface area (Å²) < 4.78 is 8.24. The monoisotopic (exact) mass is 407 g/mol. The molecule has 1 N–H and O–H groups in total. The molecule has 3 rings (SSSR count). The molecule has 0 fully saturated rings. The van der Waals surface area contributed by atoms with E-state index >= 15 is 0 Å². The van der Waals surface area contributed by atoms with Gasteiger partial charge in [0.1, 0.15) is 4.88 Å². The number of benzene rings is 1. The fourth-order valence-corrected chi connectivity index (χ4v) is 3.93. The first-order chi connectivity index (χ1) is 11.7. The lowest BCUT2D eigenvalue weighted by Gasteiger charge is -2.10. The number of rotatable bonds is 7. The summed E-state index contributed by atoms with van der Waals surface area (Å²) in [4.78, 5) is 17.7. The van der Waals surface area contributed by atoms with Crippen molar-refractivity contribution in [1.82, 2.24) is 9.55 Å². The Labute approximate surface area is 152 Å². The van der Waals surface area contributed by atoms with Crippen LogP contribution in [0.15, 0.2) is 40.2 Å². The molecule has 1 amide bonds. The molecule has 2 heterocycles. The Morgan fingerprint density at radius 3 is 2.96 bits per heavy atom. The predicted molar refractivity (Wildman–Crippen MR) is 101 cm³/mol. The topological polar surface area (TPSA) is 56.1 Å². The number of carbonyl (C=O) groups excluding carboxylic acids is 1. The van der Waals surface area contributed by atoms with Gasteiger partial charge in [-0.15, -0.1) is 11.3 Å². The molecule has 126 valence electrons. The van der Waals surface area contributed by atoms with Gasteiger partial charge in [-0.25, -0.2) is 4.98 Å². The summed E-state index contributed by atoms with van der Waals surface area (Å²) in [7, 11) is 0. The van der Waals surface area contributed by atoms with Crippen molar-refractivity contribution in [1.29, 1.82) is 0 Å². The van der Waals surface area contributed by atoms with E-state index < -0.39 is 0 Å². The first-order valence-corrected chi connectivity index (χ1v) is 9.45. The molecule has 24 heavy (non-hydrogen) atoms. The minimum Gasteiger partial charge on any atom is -0.382 e. The van der Waals surface area contributed by atoms with Crippen LogP contribution >= 0.6 is 27.3 Å². The largest absolute Gasteiger partial charge is 0.382 e. The molecule has 0 bridgehead atoms. The molecule has 0 atom stereocenters. The normalized spacial score (nSPS) is 11.1. The third-order valence-corrected chi connectivity index (χ3v) is 5.41. The van der Waals surface area contributed by atoms with E-state index in [0.29, 0.717) is 24.0 Å². The van der Waals surface area contributed by atoms with Gasteiger partial charge in [-0.1, -0.05) is 12.1 Å². The Kier molecular flexibility index (Phi) is 5.65. The number of para-hydroxylation sites is 2. The molecule has 0 radical (unpaired) electrons. The highest BCUT2D eigenvalue weighted by Crippen LogP contribution is 2.25. The van der Waals surface area contributed by atoms with Crippen LogP contribution in [0.25, 0.3) is 11.0 Å². The van der Waals surface area contributed by atoms with Crippen molar-refractivity contribution < 1.29 is 9.53 Å². The highest BCUT2D eigenvalue weighted by atomic mass is 79.9. The van der Waals surface area contributed by atoms with Crippen LogP contribution in [0.1, 0.15) is 23.0 Å². The number of aromatic nitrogens is 2. The maximum Gasteiger partial charge on any atom is 0.269 e. The average Bonchev–Trinajstić information content (AvgIpc) is 3.15. The molecular weight excluding hydrogens is 390 g/mol. The SMILES string of the molecule is CCOCCCn1c(NC(=O)c2sccc2Br)nc2ccccc21. The molecule has 0 saturated carbocycles. The van der Waals surface area contributed by atoms with E-state index in [1.807, 2.05) is 47.2 Å². The second-order valence-corrected chi connectivity index (χ2v) is 6.95. The van der Waals surface area contributed by atoms with Crippen LogP contribution in [-0.4, -0.2) is 28.7 Å². The molecule has 2 aromatic heterocycles. The van der Waals surface area contributed by atoms with E-state index in [9.17, 15) is 4.79 Å². The van der Waals surface area contributed by atoms with E-state index in [2.05, 4.69) is 26.2 Å². The van der Waals surface area contributed by atoms with Crippen molar-refractivity contribution in [2.24, 2.45) is 0 Å². The molecule has 0 saturated heterocycles. The number of hydrogen-bond donors (Lipinski definition) is 1. The van der Waals surface area contributed by atoms with Crippen LogP contribution in [0.3, 0.4) is 0 Å². The van der Waals surface area contributed by atoms with Gasteiger partial charge in [-0.05, 0) is 52.9 Å². The van der Waals surface area contributed by atoms with Gasteiger partial charge in [-0.2, -0.15) is 0 Å². The number of carbonyl (C=O) groups is 1. The van der Waals surface area contributed by atoms with Crippen LogP contribution in [0, 0.1) is 0 Å². The number of amides is 1. The number of nitrogens with one attached hydrogen (secondary N) is 1. The molecule has 3 aromatic rings. The van der Waals surface area contributed by atoms with Crippen molar-refractivity contribution >= 4 is 50.2 Å². The minimum absolute atomic E-state index is 0.154. The first kappa shape index (κ1) is 17.1. The van der Waals surface area contributed by atoms with Gasteiger partial charge < -0.3 is 9.30 Å². The molecule has 0 aliphatic rings. The number of thiophene rings is 1. The minimum atomic E-state index is -0.154. The molecule has 1 aromatic carbocycles. The van der Waals surface area contributed by atoms with E-state index in [1.54, 1.807) is 0 Å². The third-order valence-electron chi connectivity index (χ3n) is 3.58. The zero-order valence-corrected chi connectivity index (χ0v) is 15.7. The van der Waals surface area contributed by atoms with Crippen LogP contribution in [0.5, 0.6) is 0 Å². The molecule has 0 aliphatic heterocycles. The second-order valence-electron chi connectivity index (χ2n) is 5.18. The van der Waals surface area contributed by atoms with Gasteiger partial charge in [0, 0.05) is 24.2 Å². The average molecular weight is 408 g/mol. The fourth-order valence-electron chi connectivity index (χ4n) is 2.48. The van der Waals surface area contributed by atoms with Crippen molar-refractivity contribution in [2.45, 2.75) is 19.9 Å². The summed E-state index contributed by atoms with van der Waals surface area (Å²) in [6.45, 7) is 4.12. The molecule has 0 aliphatic carbocycles. The van der Waals surface area contributed by atoms with Crippen molar-refractivity contribution in [3.05, 3.63) is 45.1 Å². The zero-order valence-electron chi connectivity index (χ0n) is 13.3. The Hall–Kier alpha value is -1.70. The van der Waals surface area contributed by atoms with Gasteiger partial charge in [0.05, 0.1) is 11.0 Å². The number of ether oxygens (including phenoxy) is 1. The molecule has 5 nitrogen and oxygen atoms in total. The van der Waals surface area contributed by atoms with Crippen LogP contribution in [0.4, 0.5) is 5.95 Å². The zero-order chi connectivity index (χ0) is 16.9. The summed E-state index contributed by atoms with van der Waals surface area (Å²) >= 11 is 4.80. The number of imidazole rings is 1. The smallest absolute Gasteiger partial charge is 0.269 e. The number of halogens is 1. The van der Waals surface area contributed by atoms with E-state index in [1.165, 1.54) is 11.3 Å². The van der Waals surface area contributed by atoms with Crippen LogP contribution in [0.2, 0.25) is 0 Å². The first-order valence-electron chi connectivity index (χ1n) is 7.78. The molecule has 0 unspecified atom stereocenters. The Morgan fingerprint density at radius 2 is 2.21 bits per heavy atom. The molecule has 7 heteroatoms. The number of nitrogens with zero attached hydrogens (tertiary/aromatic N) is 2. The number of hydrogen-bond acceptors (Lipinski definition) is 4. The maximum atomic E-state index is 12.5. The van der Waals surface area contributed by atoms with Crippen LogP contribution < -0.4 is 5.32 Å². The quantitative estimate of drug-likeness (QED) is 0.584. The highest BCUT2D eigenvalue weighted by Gasteiger charge is 2.16. The summed E-state index contributed by atoms with van der Waals surface area (Å²) in [5.74, 6) is 0.413. The van der Waals surface area contributed by atoms with E-state index in [0.717, 1.165) is 28.5 Å². The van der Waals surface area contributed by atoms with Gasteiger partial charge >= 0.3 is 0 Å². The third kappa shape index (κ3) is 3.68. The Morgan fingerprint density at radius 1 is 1.38 bits per heavy atom. The summed E-state index contributed by atoms with van der Waals surface area (Å²) in [5.41, 5.74) is 1.88. The second kappa shape index (κ2) is 7.92. The Balaban J connectivity index is 1.86. The van der Waals surface area contributed by atoms with E-state index in [-0.39, 0.29) is 5.91 Å². The number of fused-ring (bicyclic) bond motifs is 1. The van der Waals surface area contributed by atoms with Crippen LogP contribution in [-0.2, 0) is 11.3 Å². The number of aryl methyl sites for hydroxylation is 1. The lowest BCUT2D eigenvalue weighted by atomic mass is 10.3. The summed E-state index contributed by atoms with van der Waals surface area (Å²) in [6, 6.07) is 9.75. The molecule has 0 spiro atoms. The fraction of sp³-hybridized carbons (Fsp3) is 0.294. The predicted octanol–water partition coefficient (Wildman–Crippen LogP) is 4.54. The summed E-state index contributed by atoms with van der Waals surface area (Å²) in [5, 5.41) is 4.82. The lowest BCUT2D eigenvalue weighted by Crippen LogP contribution is -2.16. The maximum absolute atomic E-state index is 12.5. The Bertz CT molecular complexity index is 843. The highest BCUT2D eigenvalue weighted by molar-refractivity contribution is 9.10. The van der Waals surface area contributed by atoms with Crippen molar-refractivity contribution in [2.75, 3.05) is 18.5 Å². The van der Waals surface area contributed by atoms with Crippen molar-refractivity contribution in [3.8, 4) is 0 Å². The number of anilines is 1.